The number of nitriles is 2. The van der Waals surface area contributed by atoms with E-state index in [0.29, 0.717) is 16.4 Å². The van der Waals surface area contributed by atoms with Crippen LogP contribution in [0.1, 0.15) is 0 Å². The lowest BCUT2D eigenvalue weighted by atomic mass is 10.2. The molecule has 1 fully saturated rings. The molecule has 2 amide bonds. The lowest BCUT2D eigenvalue weighted by Gasteiger charge is -2.25. The third-order valence-corrected chi connectivity index (χ3v) is 7.03. The normalized spacial score (nSPS) is 13.8. The van der Waals surface area contributed by atoms with Crippen LogP contribution in [0, 0.1) is 22.7 Å². The van der Waals surface area contributed by atoms with Gasteiger partial charge in [-0.25, -0.2) is 13.3 Å². The molecule has 2 aromatic carbocycles. The Bertz CT molecular complexity index is 1240. The molecule has 0 aromatic heterocycles. The number of rotatable bonds is 6. The van der Waals surface area contributed by atoms with E-state index < -0.39 is 21.7 Å². The zero-order valence-corrected chi connectivity index (χ0v) is 18.5. The smallest absolute Gasteiger partial charge is 0.247 e. The highest BCUT2D eigenvalue weighted by Crippen LogP contribution is 2.27. The standard InChI is InChI=1S/C21H17N5O4S2/c1-31-21(14(10-22)11-23)25-15-2-6-17(7-3-15)32(29,30)18-8-4-16(5-9-18)26-19(27)12-24-13-20(26)28/h2-9,24-25H,12-13H2,1H3. The minimum absolute atomic E-state index is 0.0120. The topological polar surface area (TPSA) is 143 Å². The maximum atomic E-state index is 13.0. The summed E-state index contributed by atoms with van der Waals surface area (Å²) in [6.07, 6.45) is 1.71. The van der Waals surface area contributed by atoms with Gasteiger partial charge in [-0.2, -0.15) is 10.5 Å². The van der Waals surface area contributed by atoms with Crippen molar-refractivity contribution in [1.82, 2.24) is 5.32 Å². The molecular formula is C21H17N5O4S2. The first-order valence-corrected chi connectivity index (χ1v) is 11.9. The predicted molar refractivity (Wildman–Crippen MR) is 119 cm³/mol. The van der Waals surface area contributed by atoms with E-state index in [2.05, 4.69) is 10.6 Å². The lowest BCUT2D eigenvalue weighted by Crippen LogP contribution is -2.52. The minimum Gasteiger partial charge on any atom is -0.349 e. The molecule has 162 valence electrons. The van der Waals surface area contributed by atoms with Crippen molar-refractivity contribution in [2.75, 3.05) is 29.6 Å². The molecule has 9 nitrogen and oxygen atoms in total. The van der Waals surface area contributed by atoms with Crippen molar-refractivity contribution < 1.29 is 18.0 Å². The molecule has 1 saturated heterocycles. The fourth-order valence-corrected chi connectivity index (χ4v) is 4.74. The van der Waals surface area contributed by atoms with Crippen molar-refractivity contribution in [1.29, 1.82) is 10.5 Å². The zero-order valence-electron chi connectivity index (χ0n) is 16.8. The van der Waals surface area contributed by atoms with Crippen molar-refractivity contribution in [3.8, 4) is 12.1 Å². The van der Waals surface area contributed by atoms with E-state index >= 15 is 0 Å². The Labute approximate surface area is 189 Å². The maximum Gasteiger partial charge on any atom is 0.247 e. The van der Waals surface area contributed by atoms with Gasteiger partial charge in [-0.15, -0.1) is 11.8 Å². The van der Waals surface area contributed by atoms with Gasteiger partial charge in [-0.05, 0) is 54.8 Å². The highest BCUT2D eigenvalue weighted by molar-refractivity contribution is 8.02. The largest absolute Gasteiger partial charge is 0.349 e. The number of anilines is 2. The molecule has 0 unspecified atom stereocenters. The fraction of sp³-hybridized carbons (Fsp3) is 0.143. The predicted octanol–water partition coefficient (Wildman–Crippen LogP) is 2.02. The number of imide groups is 1. The number of amides is 2. The number of allylic oxidation sites excluding steroid dienone is 1. The Hall–Kier alpha value is -3.64. The summed E-state index contributed by atoms with van der Waals surface area (Å²) in [5, 5.41) is 24.0. The van der Waals surface area contributed by atoms with Crippen LogP contribution in [0.4, 0.5) is 11.4 Å². The molecule has 0 aliphatic carbocycles. The first kappa shape index (κ1) is 23.0. The van der Waals surface area contributed by atoms with E-state index in [0.717, 1.165) is 4.90 Å². The molecule has 3 rings (SSSR count). The summed E-state index contributed by atoms with van der Waals surface area (Å²) in [6, 6.07) is 15.0. The van der Waals surface area contributed by atoms with Gasteiger partial charge < -0.3 is 5.32 Å². The Morgan fingerprint density at radius 2 is 1.47 bits per heavy atom. The Morgan fingerprint density at radius 3 is 1.94 bits per heavy atom. The fourth-order valence-electron chi connectivity index (χ4n) is 2.96. The van der Waals surface area contributed by atoms with Crippen LogP contribution in [0.5, 0.6) is 0 Å². The quantitative estimate of drug-likeness (QED) is 0.481. The molecule has 32 heavy (non-hydrogen) atoms. The van der Waals surface area contributed by atoms with Crippen molar-refractivity contribution in [3.05, 3.63) is 59.1 Å². The van der Waals surface area contributed by atoms with Crippen LogP contribution in [0.3, 0.4) is 0 Å². The highest BCUT2D eigenvalue weighted by atomic mass is 32.2. The van der Waals surface area contributed by atoms with Crippen LogP contribution in [-0.2, 0) is 19.4 Å². The average Bonchev–Trinajstić information content (AvgIpc) is 2.79. The van der Waals surface area contributed by atoms with Crippen molar-refractivity contribution in [2.24, 2.45) is 0 Å². The molecule has 2 N–H and O–H groups in total. The molecule has 1 heterocycles. The molecule has 0 radical (unpaired) electrons. The summed E-state index contributed by atoms with van der Waals surface area (Å²) < 4.78 is 25.9. The average molecular weight is 468 g/mol. The third-order valence-electron chi connectivity index (χ3n) is 4.53. The molecule has 2 aromatic rings. The minimum atomic E-state index is -3.84. The molecule has 1 aliphatic rings. The second-order valence-electron chi connectivity index (χ2n) is 6.51. The van der Waals surface area contributed by atoms with E-state index in [4.69, 9.17) is 10.5 Å². The number of hydrogen-bond donors (Lipinski definition) is 2. The van der Waals surface area contributed by atoms with Gasteiger partial charge in [0.2, 0.25) is 21.7 Å². The van der Waals surface area contributed by atoms with Crippen LogP contribution in [0.25, 0.3) is 0 Å². The van der Waals surface area contributed by atoms with Crippen LogP contribution in [-0.4, -0.2) is 39.6 Å². The molecular weight excluding hydrogens is 450 g/mol. The second-order valence-corrected chi connectivity index (χ2v) is 9.27. The van der Waals surface area contributed by atoms with Gasteiger partial charge in [0.25, 0.3) is 0 Å². The number of piperazine rings is 1. The number of nitrogens with one attached hydrogen (secondary N) is 2. The summed E-state index contributed by atoms with van der Waals surface area (Å²) in [4.78, 5) is 25.1. The Kier molecular flexibility index (Phi) is 6.95. The Morgan fingerprint density at radius 1 is 0.969 bits per heavy atom. The van der Waals surface area contributed by atoms with E-state index in [9.17, 15) is 18.0 Å². The summed E-state index contributed by atoms with van der Waals surface area (Å²) in [7, 11) is -3.84. The number of thioether (sulfide) groups is 1. The van der Waals surface area contributed by atoms with Gasteiger partial charge >= 0.3 is 0 Å². The monoisotopic (exact) mass is 467 g/mol. The number of carbonyl (C=O) groups excluding carboxylic acids is 2. The van der Waals surface area contributed by atoms with Crippen molar-refractivity contribution >= 4 is 44.8 Å². The first-order valence-electron chi connectivity index (χ1n) is 9.19. The van der Waals surface area contributed by atoms with E-state index in [1.807, 2.05) is 0 Å². The SMILES string of the molecule is CSC(Nc1ccc(S(=O)(=O)c2ccc(N3C(=O)CNCC3=O)cc2)cc1)=C(C#N)C#N. The van der Waals surface area contributed by atoms with Crippen molar-refractivity contribution in [3.63, 3.8) is 0 Å². The number of benzene rings is 2. The molecule has 0 bridgehead atoms. The van der Waals surface area contributed by atoms with Gasteiger partial charge in [-0.3, -0.25) is 14.9 Å². The van der Waals surface area contributed by atoms with Gasteiger partial charge in [-0.1, -0.05) is 0 Å². The van der Waals surface area contributed by atoms with Gasteiger partial charge in [0.05, 0.1) is 28.6 Å². The molecule has 11 heteroatoms. The molecule has 0 spiro atoms. The summed E-state index contributed by atoms with van der Waals surface area (Å²) in [5.74, 6) is -0.816. The van der Waals surface area contributed by atoms with Crippen LogP contribution < -0.4 is 15.5 Å². The van der Waals surface area contributed by atoms with E-state index in [1.165, 1.54) is 60.3 Å². The van der Waals surface area contributed by atoms with Gasteiger partial charge in [0, 0.05) is 5.69 Å². The number of carbonyl (C=O) groups is 2. The molecule has 0 atom stereocenters. The zero-order chi connectivity index (χ0) is 23.3. The summed E-state index contributed by atoms with van der Waals surface area (Å²) in [6.45, 7) is 0.0632. The number of sulfone groups is 1. The first-order chi connectivity index (χ1) is 15.3. The van der Waals surface area contributed by atoms with Gasteiger partial charge in [0.1, 0.15) is 17.2 Å². The van der Waals surface area contributed by atoms with Crippen LogP contribution in [0.15, 0.2) is 68.9 Å². The van der Waals surface area contributed by atoms with Crippen LogP contribution >= 0.6 is 11.8 Å². The van der Waals surface area contributed by atoms with Gasteiger partial charge in [0.15, 0.2) is 5.57 Å². The third kappa shape index (κ3) is 4.65. The van der Waals surface area contributed by atoms with E-state index in [-0.39, 0.29) is 28.5 Å². The Balaban J connectivity index is 1.83. The molecule has 1 aliphatic heterocycles. The van der Waals surface area contributed by atoms with Crippen LogP contribution in [0.2, 0.25) is 0 Å². The molecule has 0 saturated carbocycles. The van der Waals surface area contributed by atoms with Crippen molar-refractivity contribution in [2.45, 2.75) is 9.79 Å². The summed E-state index contributed by atoms with van der Waals surface area (Å²) in [5.41, 5.74) is 0.750. The lowest BCUT2D eigenvalue weighted by molar-refractivity contribution is -0.127. The number of hydrogen-bond acceptors (Lipinski definition) is 9. The second kappa shape index (κ2) is 9.66. The summed E-state index contributed by atoms with van der Waals surface area (Å²) >= 11 is 1.19. The number of nitrogens with zero attached hydrogens (tertiary/aromatic N) is 3. The van der Waals surface area contributed by atoms with E-state index in [1.54, 1.807) is 18.4 Å². The maximum absolute atomic E-state index is 13.0. The highest BCUT2D eigenvalue weighted by Gasteiger charge is 2.27.